The molecule has 0 spiro atoms. The molecule has 2 atom stereocenters. The molecule has 1 saturated carbocycles. The van der Waals surface area contributed by atoms with Crippen LogP contribution in [0.25, 0.3) is 0 Å². The molecule has 1 amide bonds. The number of hydrogen-bond donors (Lipinski definition) is 1. The molecule has 120 valence electrons. The monoisotopic (exact) mass is 338 g/mol. The molecule has 0 saturated heterocycles. The number of pyridine rings is 1. The van der Waals surface area contributed by atoms with Gasteiger partial charge in [-0.2, -0.15) is 0 Å². The molecule has 1 fully saturated rings. The van der Waals surface area contributed by atoms with Gasteiger partial charge in [0.2, 0.25) is 0 Å². The van der Waals surface area contributed by atoms with Crippen LogP contribution in [-0.2, 0) is 0 Å². The maximum atomic E-state index is 12.5. The number of anilines is 1. The van der Waals surface area contributed by atoms with Gasteiger partial charge in [-0.3, -0.25) is 4.79 Å². The van der Waals surface area contributed by atoms with Crippen LogP contribution in [0.4, 0.5) is 5.69 Å². The number of carbonyl (C=O) groups is 1. The first-order chi connectivity index (χ1) is 11.7. The largest absolute Gasteiger partial charge is 0.472 e. The van der Waals surface area contributed by atoms with E-state index in [4.69, 9.17) is 16.0 Å². The lowest BCUT2D eigenvalue weighted by molar-refractivity contribution is 0.102. The Morgan fingerprint density at radius 1 is 1.17 bits per heavy atom. The first-order valence-corrected chi connectivity index (χ1v) is 8.14. The lowest BCUT2D eigenvalue weighted by atomic mass is 10.0. The third-order valence-electron chi connectivity index (χ3n) is 4.37. The summed E-state index contributed by atoms with van der Waals surface area (Å²) in [6, 6.07) is 13.3. The highest BCUT2D eigenvalue weighted by atomic mass is 35.5. The predicted octanol–water partition coefficient (Wildman–Crippen LogP) is 4.85. The number of aromatic nitrogens is 1. The number of nitrogens with zero attached hydrogens (tertiary/aromatic N) is 1. The van der Waals surface area contributed by atoms with E-state index in [-0.39, 0.29) is 11.1 Å². The van der Waals surface area contributed by atoms with Crippen molar-refractivity contribution in [1.82, 2.24) is 4.98 Å². The van der Waals surface area contributed by atoms with E-state index in [0.29, 0.717) is 17.4 Å². The first-order valence-electron chi connectivity index (χ1n) is 7.77. The smallest absolute Gasteiger partial charge is 0.258 e. The molecule has 5 heteroatoms. The van der Waals surface area contributed by atoms with Crippen LogP contribution in [-0.4, -0.2) is 10.9 Å². The molecule has 0 bridgehead atoms. The predicted molar refractivity (Wildman–Crippen MR) is 92.4 cm³/mol. The summed E-state index contributed by atoms with van der Waals surface area (Å²) in [7, 11) is 0. The summed E-state index contributed by atoms with van der Waals surface area (Å²) in [5.41, 5.74) is 3.53. The molecular formula is C19H15ClN2O2. The summed E-state index contributed by atoms with van der Waals surface area (Å²) in [6.07, 6.45) is 6.11. The minimum absolute atomic E-state index is 0.204. The van der Waals surface area contributed by atoms with Gasteiger partial charge in [0.1, 0.15) is 5.15 Å². The molecule has 2 unspecified atom stereocenters. The van der Waals surface area contributed by atoms with Gasteiger partial charge in [-0.25, -0.2) is 4.98 Å². The summed E-state index contributed by atoms with van der Waals surface area (Å²) in [6.45, 7) is 0. The third-order valence-corrected chi connectivity index (χ3v) is 4.68. The summed E-state index contributed by atoms with van der Waals surface area (Å²) >= 11 is 6.01. The maximum absolute atomic E-state index is 12.5. The van der Waals surface area contributed by atoms with Crippen LogP contribution in [0.5, 0.6) is 0 Å². The number of carbonyl (C=O) groups excluding carboxylic acids is 1. The third kappa shape index (κ3) is 2.81. The molecule has 24 heavy (non-hydrogen) atoms. The van der Waals surface area contributed by atoms with Crippen LogP contribution in [0.3, 0.4) is 0 Å². The average molecular weight is 339 g/mol. The summed E-state index contributed by atoms with van der Waals surface area (Å²) < 4.78 is 5.17. The first kappa shape index (κ1) is 15.0. The Balaban J connectivity index is 1.57. The van der Waals surface area contributed by atoms with Crippen LogP contribution in [0.15, 0.2) is 65.6 Å². The van der Waals surface area contributed by atoms with Crippen LogP contribution >= 0.6 is 11.6 Å². The number of nitrogens with one attached hydrogen (secondary N) is 1. The molecule has 1 N–H and O–H groups in total. The Morgan fingerprint density at radius 2 is 2.04 bits per heavy atom. The minimum Gasteiger partial charge on any atom is -0.472 e. The molecule has 0 aliphatic heterocycles. The van der Waals surface area contributed by atoms with Crippen molar-refractivity contribution < 1.29 is 9.21 Å². The highest BCUT2D eigenvalue weighted by molar-refractivity contribution is 6.33. The molecular weight excluding hydrogens is 324 g/mol. The van der Waals surface area contributed by atoms with Gasteiger partial charge in [0.15, 0.2) is 0 Å². The molecule has 4 nitrogen and oxygen atoms in total. The second-order valence-electron chi connectivity index (χ2n) is 5.89. The highest BCUT2D eigenvalue weighted by Gasteiger charge is 2.41. The second kappa shape index (κ2) is 6.13. The molecule has 2 heterocycles. The minimum atomic E-state index is -0.249. The van der Waals surface area contributed by atoms with E-state index < -0.39 is 0 Å². The van der Waals surface area contributed by atoms with Crippen LogP contribution in [0, 0.1) is 0 Å². The van der Waals surface area contributed by atoms with Crippen LogP contribution in [0.1, 0.15) is 39.7 Å². The fraction of sp³-hybridized carbons (Fsp3) is 0.158. The van der Waals surface area contributed by atoms with Gasteiger partial charge in [0.05, 0.1) is 18.1 Å². The van der Waals surface area contributed by atoms with Gasteiger partial charge in [0, 0.05) is 11.9 Å². The van der Waals surface area contributed by atoms with Crippen molar-refractivity contribution in [2.45, 2.75) is 18.3 Å². The number of furan rings is 1. The van der Waals surface area contributed by atoms with E-state index in [1.807, 2.05) is 24.3 Å². The van der Waals surface area contributed by atoms with Crippen molar-refractivity contribution in [3.63, 3.8) is 0 Å². The van der Waals surface area contributed by atoms with E-state index in [9.17, 15) is 4.79 Å². The highest BCUT2D eigenvalue weighted by Crippen LogP contribution is 2.56. The summed E-state index contributed by atoms with van der Waals surface area (Å²) in [4.78, 5) is 16.4. The second-order valence-corrected chi connectivity index (χ2v) is 6.25. The van der Waals surface area contributed by atoms with E-state index in [1.54, 1.807) is 30.9 Å². The van der Waals surface area contributed by atoms with E-state index in [1.165, 1.54) is 5.56 Å². The van der Waals surface area contributed by atoms with Gasteiger partial charge >= 0.3 is 0 Å². The van der Waals surface area contributed by atoms with Gasteiger partial charge in [-0.15, -0.1) is 0 Å². The van der Waals surface area contributed by atoms with Crippen LogP contribution < -0.4 is 5.32 Å². The topological polar surface area (TPSA) is 55.1 Å². The van der Waals surface area contributed by atoms with Gasteiger partial charge in [0.25, 0.3) is 5.91 Å². The lowest BCUT2D eigenvalue weighted by Gasteiger charge is -2.11. The number of benzene rings is 1. The van der Waals surface area contributed by atoms with Crippen molar-refractivity contribution >= 4 is 23.2 Å². The average Bonchev–Trinajstić information content (AvgIpc) is 3.20. The van der Waals surface area contributed by atoms with E-state index in [0.717, 1.165) is 17.7 Å². The number of rotatable bonds is 4. The SMILES string of the molecule is O=C(Nc1ccccc1C1CC1c1ccoc1)c1cccnc1Cl. The normalized spacial score (nSPS) is 19.0. The van der Waals surface area contributed by atoms with Gasteiger partial charge in [-0.05, 0) is 53.6 Å². The van der Waals surface area contributed by atoms with E-state index in [2.05, 4.69) is 16.4 Å². The standard InChI is InChI=1S/C19H15ClN2O2/c20-18-14(5-3-8-21-18)19(23)22-17-6-2-1-4-13(17)16-10-15(16)12-7-9-24-11-12/h1-9,11,15-16H,10H2,(H,22,23). The van der Waals surface area contributed by atoms with Crippen molar-refractivity contribution in [1.29, 1.82) is 0 Å². The molecule has 3 aromatic rings. The zero-order valence-electron chi connectivity index (χ0n) is 12.8. The molecule has 1 aliphatic rings. The summed E-state index contributed by atoms with van der Waals surface area (Å²) in [5, 5.41) is 3.17. The number of amides is 1. The molecule has 2 aromatic heterocycles. The Morgan fingerprint density at radius 3 is 2.83 bits per heavy atom. The fourth-order valence-electron chi connectivity index (χ4n) is 3.07. The molecule has 1 aromatic carbocycles. The molecule has 4 rings (SSSR count). The van der Waals surface area contributed by atoms with E-state index >= 15 is 0 Å². The Labute approximate surface area is 144 Å². The van der Waals surface area contributed by atoms with Gasteiger partial charge < -0.3 is 9.73 Å². The summed E-state index contributed by atoms with van der Waals surface area (Å²) in [5.74, 6) is 0.591. The Bertz CT molecular complexity index is 877. The number of hydrogen-bond acceptors (Lipinski definition) is 3. The fourth-order valence-corrected chi connectivity index (χ4v) is 3.28. The lowest BCUT2D eigenvalue weighted by Crippen LogP contribution is -2.14. The van der Waals surface area contributed by atoms with Crippen molar-refractivity contribution in [3.05, 3.63) is 83.0 Å². The van der Waals surface area contributed by atoms with Gasteiger partial charge in [-0.1, -0.05) is 29.8 Å². The molecule has 1 aliphatic carbocycles. The quantitative estimate of drug-likeness (QED) is 0.692. The maximum Gasteiger partial charge on any atom is 0.258 e. The number of para-hydroxylation sites is 1. The van der Waals surface area contributed by atoms with Crippen LogP contribution in [0.2, 0.25) is 5.15 Å². The van der Waals surface area contributed by atoms with Crippen molar-refractivity contribution in [2.75, 3.05) is 5.32 Å². The molecule has 0 radical (unpaired) electrons. The van der Waals surface area contributed by atoms with Crippen molar-refractivity contribution in [3.8, 4) is 0 Å². The number of halogens is 1. The Kier molecular flexibility index (Phi) is 3.82. The van der Waals surface area contributed by atoms with Crippen molar-refractivity contribution in [2.24, 2.45) is 0 Å². The Hall–Kier alpha value is -2.59. The zero-order chi connectivity index (χ0) is 16.5. The zero-order valence-corrected chi connectivity index (χ0v) is 13.5.